The lowest BCUT2D eigenvalue weighted by Crippen LogP contribution is -2.10. The molecule has 2 N–H and O–H groups in total. The van der Waals surface area contributed by atoms with Crippen molar-refractivity contribution in [2.75, 3.05) is 6.54 Å². The summed E-state index contributed by atoms with van der Waals surface area (Å²) in [6.07, 6.45) is 1.75. The normalized spacial score (nSPS) is 11.3. The zero-order valence-corrected chi connectivity index (χ0v) is 9.80. The molecule has 0 aromatic carbocycles. The van der Waals surface area contributed by atoms with Gasteiger partial charge in [0.1, 0.15) is 5.82 Å². The molecular weight excluding hydrogens is 198 g/mol. The molecule has 1 heterocycles. The van der Waals surface area contributed by atoms with Gasteiger partial charge in [0, 0.05) is 13.5 Å². The lowest BCUT2D eigenvalue weighted by atomic mass is 10.1. The molecule has 0 aliphatic heterocycles. The second-order valence-corrected chi connectivity index (χ2v) is 4.32. The standard InChI is InChI=1S/C10H18ClN3/c1-7(2)6-8-10(11)13-9(4-5-12)14(8)3/h7H,4-6,12H2,1-3H3. The van der Waals surface area contributed by atoms with E-state index in [4.69, 9.17) is 17.3 Å². The third-order valence-electron chi connectivity index (χ3n) is 2.23. The Morgan fingerprint density at radius 1 is 1.50 bits per heavy atom. The van der Waals surface area contributed by atoms with Gasteiger partial charge in [0.05, 0.1) is 5.69 Å². The Hall–Kier alpha value is -0.540. The number of rotatable bonds is 4. The average Bonchev–Trinajstić information content (AvgIpc) is 2.33. The number of nitrogens with zero attached hydrogens (tertiary/aromatic N) is 2. The van der Waals surface area contributed by atoms with Crippen molar-refractivity contribution in [2.24, 2.45) is 18.7 Å². The number of halogens is 1. The van der Waals surface area contributed by atoms with E-state index in [0.29, 0.717) is 17.6 Å². The van der Waals surface area contributed by atoms with E-state index in [2.05, 4.69) is 23.4 Å². The van der Waals surface area contributed by atoms with E-state index in [9.17, 15) is 0 Å². The Morgan fingerprint density at radius 3 is 2.64 bits per heavy atom. The lowest BCUT2D eigenvalue weighted by molar-refractivity contribution is 0.609. The average molecular weight is 216 g/mol. The van der Waals surface area contributed by atoms with Gasteiger partial charge in [-0.15, -0.1) is 0 Å². The minimum Gasteiger partial charge on any atom is -0.334 e. The zero-order chi connectivity index (χ0) is 10.7. The van der Waals surface area contributed by atoms with Gasteiger partial charge < -0.3 is 10.3 Å². The van der Waals surface area contributed by atoms with Crippen LogP contribution < -0.4 is 5.73 Å². The van der Waals surface area contributed by atoms with Gasteiger partial charge in [-0.25, -0.2) is 4.98 Å². The minimum atomic E-state index is 0.591. The van der Waals surface area contributed by atoms with Gasteiger partial charge in [0.2, 0.25) is 0 Å². The summed E-state index contributed by atoms with van der Waals surface area (Å²) in [7, 11) is 2.00. The van der Waals surface area contributed by atoms with Crippen molar-refractivity contribution in [3.05, 3.63) is 16.7 Å². The second-order valence-electron chi connectivity index (χ2n) is 3.96. The Balaban J connectivity index is 2.92. The van der Waals surface area contributed by atoms with Gasteiger partial charge in [-0.1, -0.05) is 25.4 Å². The van der Waals surface area contributed by atoms with Crippen LogP contribution in [0.25, 0.3) is 0 Å². The summed E-state index contributed by atoms with van der Waals surface area (Å²) in [5.41, 5.74) is 6.61. The number of aromatic nitrogens is 2. The minimum absolute atomic E-state index is 0.591. The maximum Gasteiger partial charge on any atom is 0.150 e. The van der Waals surface area contributed by atoms with Crippen LogP contribution in [0.4, 0.5) is 0 Å². The second kappa shape index (κ2) is 4.80. The Morgan fingerprint density at radius 2 is 2.14 bits per heavy atom. The van der Waals surface area contributed by atoms with E-state index in [1.54, 1.807) is 0 Å². The molecule has 0 bridgehead atoms. The molecule has 4 heteroatoms. The molecule has 1 aromatic rings. The molecule has 1 rings (SSSR count). The van der Waals surface area contributed by atoms with Crippen LogP contribution in [0.15, 0.2) is 0 Å². The molecule has 0 fully saturated rings. The molecule has 0 amide bonds. The summed E-state index contributed by atoms with van der Waals surface area (Å²) in [5, 5.41) is 0.629. The van der Waals surface area contributed by atoms with Crippen LogP contribution in [0.3, 0.4) is 0 Å². The number of nitrogens with two attached hydrogens (primary N) is 1. The largest absolute Gasteiger partial charge is 0.334 e. The molecule has 0 aliphatic rings. The van der Waals surface area contributed by atoms with Crippen LogP contribution in [0.5, 0.6) is 0 Å². The Labute approximate surface area is 90.3 Å². The molecular formula is C10H18ClN3. The van der Waals surface area contributed by atoms with Crippen molar-refractivity contribution in [1.29, 1.82) is 0 Å². The van der Waals surface area contributed by atoms with Crippen molar-refractivity contribution >= 4 is 11.6 Å². The van der Waals surface area contributed by atoms with Gasteiger partial charge in [-0.05, 0) is 18.9 Å². The van der Waals surface area contributed by atoms with Crippen LogP contribution in [-0.4, -0.2) is 16.1 Å². The number of hydrogen-bond acceptors (Lipinski definition) is 2. The topological polar surface area (TPSA) is 43.8 Å². The molecule has 1 aromatic heterocycles. The first-order valence-electron chi connectivity index (χ1n) is 4.96. The summed E-state index contributed by atoms with van der Waals surface area (Å²) in [6.45, 7) is 4.96. The van der Waals surface area contributed by atoms with Gasteiger partial charge >= 0.3 is 0 Å². The lowest BCUT2D eigenvalue weighted by Gasteiger charge is -2.07. The number of hydrogen-bond donors (Lipinski definition) is 1. The van der Waals surface area contributed by atoms with Crippen molar-refractivity contribution in [1.82, 2.24) is 9.55 Å². The summed E-state index contributed by atoms with van der Waals surface area (Å²) in [6, 6.07) is 0. The molecule has 80 valence electrons. The molecule has 0 spiro atoms. The van der Waals surface area contributed by atoms with Gasteiger partial charge in [-0.2, -0.15) is 0 Å². The third-order valence-corrected chi connectivity index (χ3v) is 2.53. The van der Waals surface area contributed by atoms with Crippen LogP contribution in [0, 0.1) is 5.92 Å². The van der Waals surface area contributed by atoms with Crippen molar-refractivity contribution in [3.8, 4) is 0 Å². The fourth-order valence-corrected chi connectivity index (χ4v) is 1.81. The van der Waals surface area contributed by atoms with Crippen LogP contribution in [-0.2, 0) is 19.9 Å². The molecule has 0 saturated heterocycles. The summed E-state index contributed by atoms with van der Waals surface area (Å²) in [5.74, 6) is 1.57. The molecule has 0 saturated carbocycles. The van der Waals surface area contributed by atoms with Crippen LogP contribution in [0.2, 0.25) is 5.15 Å². The molecule has 0 atom stereocenters. The zero-order valence-electron chi connectivity index (χ0n) is 9.05. The van der Waals surface area contributed by atoms with Crippen LogP contribution >= 0.6 is 11.6 Å². The first kappa shape index (κ1) is 11.5. The predicted molar refractivity (Wildman–Crippen MR) is 59.5 cm³/mol. The monoisotopic (exact) mass is 215 g/mol. The molecule has 3 nitrogen and oxygen atoms in total. The van der Waals surface area contributed by atoms with Crippen molar-refractivity contribution in [2.45, 2.75) is 26.7 Å². The fourth-order valence-electron chi connectivity index (χ4n) is 1.51. The molecule has 0 unspecified atom stereocenters. The Bertz CT molecular complexity index is 305. The maximum atomic E-state index is 6.06. The predicted octanol–water partition coefficient (Wildman–Crippen LogP) is 1.77. The summed E-state index contributed by atoms with van der Waals surface area (Å²) < 4.78 is 2.06. The molecule has 0 radical (unpaired) electrons. The molecule has 14 heavy (non-hydrogen) atoms. The highest BCUT2D eigenvalue weighted by Crippen LogP contribution is 2.19. The Kier molecular flexibility index (Phi) is 3.96. The van der Waals surface area contributed by atoms with Crippen LogP contribution in [0.1, 0.15) is 25.4 Å². The van der Waals surface area contributed by atoms with E-state index in [0.717, 1.165) is 24.4 Å². The quantitative estimate of drug-likeness (QED) is 0.832. The SMILES string of the molecule is CC(C)Cc1c(Cl)nc(CCN)n1C. The van der Waals surface area contributed by atoms with Crippen molar-refractivity contribution in [3.63, 3.8) is 0 Å². The number of imidazole rings is 1. The van der Waals surface area contributed by atoms with Crippen molar-refractivity contribution < 1.29 is 0 Å². The highest BCUT2D eigenvalue weighted by molar-refractivity contribution is 6.30. The van der Waals surface area contributed by atoms with Gasteiger partial charge in [0.15, 0.2) is 5.15 Å². The van der Waals surface area contributed by atoms with Gasteiger partial charge in [0.25, 0.3) is 0 Å². The van der Waals surface area contributed by atoms with E-state index in [-0.39, 0.29) is 0 Å². The maximum absolute atomic E-state index is 6.06. The van der Waals surface area contributed by atoms with Gasteiger partial charge in [-0.3, -0.25) is 0 Å². The first-order chi connectivity index (χ1) is 6.56. The van der Waals surface area contributed by atoms with E-state index in [1.165, 1.54) is 0 Å². The smallest absolute Gasteiger partial charge is 0.150 e. The third kappa shape index (κ3) is 2.49. The van der Waals surface area contributed by atoms with E-state index >= 15 is 0 Å². The first-order valence-corrected chi connectivity index (χ1v) is 5.34. The summed E-state index contributed by atoms with van der Waals surface area (Å²) in [4.78, 5) is 4.30. The summed E-state index contributed by atoms with van der Waals surface area (Å²) >= 11 is 6.06. The highest BCUT2D eigenvalue weighted by Gasteiger charge is 2.13. The van der Waals surface area contributed by atoms with E-state index in [1.807, 2.05) is 7.05 Å². The molecule has 0 aliphatic carbocycles. The van der Waals surface area contributed by atoms with E-state index < -0.39 is 0 Å². The highest BCUT2D eigenvalue weighted by atomic mass is 35.5. The fraction of sp³-hybridized carbons (Fsp3) is 0.700.